The molecule has 0 fully saturated rings. The molecular weight excluding hydrogens is 282 g/mol. The second-order valence-electron chi connectivity index (χ2n) is 4.85. The van der Waals surface area contributed by atoms with Crippen LogP contribution in [0.15, 0.2) is 65.6 Å². The summed E-state index contributed by atoms with van der Waals surface area (Å²) in [5.74, 6) is 0. The fourth-order valence-electron chi connectivity index (χ4n) is 1.96. The van der Waals surface area contributed by atoms with Gasteiger partial charge in [-0.25, -0.2) is 8.42 Å². The van der Waals surface area contributed by atoms with Gasteiger partial charge in [-0.05, 0) is 44.0 Å². The lowest BCUT2D eigenvalue weighted by Gasteiger charge is -2.12. The van der Waals surface area contributed by atoms with Crippen LogP contribution < -0.4 is 4.72 Å². The highest BCUT2D eigenvalue weighted by Gasteiger charge is 2.15. The van der Waals surface area contributed by atoms with E-state index in [-0.39, 0.29) is 4.90 Å². The molecule has 2 aromatic rings. The molecule has 0 aromatic heterocycles. The van der Waals surface area contributed by atoms with Crippen LogP contribution in [0, 0.1) is 6.92 Å². The van der Waals surface area contributed by atoms with Crippen molar-refractivity contribution in [2.45, 2.75) is 25.2 Å². The molecule has 3 nitrogen and oxygen atoms in total. The zero-order chi connectivity index (χ0) is 15.3. The van der Waals surface area contributed by atoms with E-state index in [2.05, 4.69) is 4.72 Å². The minimum atomic E-state index is -3.55. The molecular formula is C17H19NO2S. The lowest BCUT2D eigenvalue weighted by molar-refractivity contribution is 0.601. The molecule has 0 bridgehead atoms. The number of rotatable bonds is 5. The predicted molar refractivity (Wildman–Crippen MR) is 86.9 cm³/mol. The smallest absolute Gasteiger partial charge is 0.261 e. The van der Waals surface area contributed by atoms with Crippen LogP contribution in [0.2, 0.25) is 0 Å². The van der Waals surface area contributed by atoms with Crippen LogP contribution in [0.3, 0.4) is 0 Å². The highest BCUT2D eigenvalue weighted by Crippen LogP contribution is 2.21. The maximum absolute atomic E-state index is 12.4. The molecule has 0 spiro atoms. The van der Waals surface area contributed by atoms with Crippen LogP contribution in [-0.2, 0) is 16.4 Å². The zero-order valence-corrected chi connectivity index (χ0v) is 13.0. The SMILES string of the molecule is C/C=C\Cc1ccccc1NS(=O)(=O)c1ccc(C)cc1. The number of anilines is 1. The summed E-state index contributed by atoms with van der Waals surface area (Å²) in [5, 5.41) is 0. The average molecular weight is 301 g/mol. The van der Waals surface area contributed by atoms with E-state index in [0.717, 1.165) is 11.1 Å². The first kappa shape index (κ1) is 15.3. The number of sulfonamides is 1. The third kappa shape index (κ3) is 3.95. The highest BCUT2D eigenvalue weighted by molar-refractivity contribution is 7.92. The monoisotopic (exact) mass is 301 g/mol. The Morgan fingerprint density at radius 3 is 2.38 bits per heavy atom. The van der Waals surface area contributed by atoms with Gasteiger partial charge in [0.25, 0.3) is 10.0 Å². The van der Waals surface area contributed by atoms with Gasteiger partial charge in [-0.1, -0.05) is 48.0 Å². The van der Waals surface area contributed by atoms with E-state index < -0.39 is 10.0 Å². The Balaban J connectivity index is 2.30. The standard InChI is InChI=1S/C17H19NO2S/c1-3-4-7-15-8-5-6-9-17(15)18-21(19,20)16-12-10-14(2)11-13-16/h3-6,8-13,18H,7H2,1-2H3/b4-3-. The third-order valence-corrected chi connectivity index (χ3v) is 4.55. The second-order valence-corrected chi connectivity index (χ2v) is 6.53. The van der Waals surface area contributed by atoms with Gasteiger partial charge in [0, 0.05) is 0 Å². The molecule has 4 heteroatoms. The molecule has 2 aromatic carbocycles. The topological polar surface area (TPSA) is 46.2 Å². The average Bonchev–Trinajstić information content (AvgIpc) is 2.46. The Bertz CT molecular complexity index is 732. The fourth-order valence-corrected chi connectivity index (χ4v) is 3.06. The number of hydrogen-bond donors (Lipinski definition) is 1. The normalized spacial score (nSPS) is 11.7. The van der Waals surface area contributed by atoms with Crippen LogP contribution in [0.25, 0.3) is 0 Å². The van der Waals surface area contributed by atoms with Crippen LogP contribution >= 0.6 is 0 Å². The summed E-state index contributed by atoms with van der Waals surface area (Å²) in [6.45, 7) is 3.87. The Kier molecular flexibility index (Phi) is 4.81. The van der Waals surface area contributed by atoms with Crippen molar-refractivity contribution < 1.29 is 8.42 Å². The van der Waals surface area contributed by atoms with Gasteiger partial charge < -0.3 is 0 Å². The van der Waals surface area contributed by atoms with Crippen molar-refractivity contribution in [1.29, 1.82) is 0 Å². The highest BCUT2D eigenvalue weighted by atomic mass is 32.2. The summed E-state index contributed by atoms with van der Waals surface area (Å²) < 4.78 is 27.5. The summed E-state index contributed by atoms with van der Waals surface area (Å²) in [5.41, 5.74) is 2.60. The van der Waals surface area contributed by atoms with E-state index in [4.69, 9.17) is 0 Å². The Morgan fingerprint density at radius 2 is 1.71 bits per heavy atom. The molecule has 0 aliphatic rings. The van der Waals surface area contributed by atoms with E-state index in [1.54, 1.807) is 30.3 Å². The number of allylic oxidation sites excluding steroid dienone is 2. The number of hydrogen-bond acceptors (Lipinski definition) is 2. The van der Waals surface area contributed by atoms with Crippen LogP contribution in [0.4, 0.5) is 5.69 Å². The molecule has 0 heterocycles. The lowest BCUT2D eigenvalue weighted by Crippen LogP contribution is -2.14. The number of para-hydroxylation sites is 1. The molecule has 110 valence electrons. The van der Waals surface area contributed by atoms with Crippen molar-refractivity contribution in [3.63, 3.8) is 0 Å². The van der Waals surface area contributed by atoms with Crippen molar-refractivity contribution in [3.05, 3.63) is 71.8 Å². The number of benzene rings is 2. The Labute approximate surface area is 126 Å². The van der Waals surface area contributed by atoms with Gasteiger partial charge in [-0.15, -0.1) is 0 Å². The first-order valence-electron chi connectivity index (χ1n) is 6.81. The van der Waals surface area contributed by atoms with Crippen molar-refractivity contribution in [1.82, 2.24) is 0 Å². The van der Waals surface area contributed by atoms with Gasteiger partial charge in [0.2, 0.25) is 0 Å². The molecule has 0 unspecified atom stereocenters. The molecule has 0 saturated carbocycles. The van der Waals surface area contributed by atoms with E-state index in [1.807, 2.05) is 44.2 Å². The van der Waals surface area contributed by atoms with Gasteiger partial charge >= 0.3 is 0 Å². The van der Waals surface area contributed by atoms with E-state index in [0.29, 0.717) is 12.1 Å². The Morgan fingerprint density at radius 1 is 1.05 bits per heavy atom. The molecule has 0 saturated heterocycles. The molecule has 1 N–H and O–H groups in total. The largest absolute Gasteiger partial charge is 0.279 e. The quantitative estimate of drug-likeness (QED) is 0.851. The second kappa shape index (κ2) is 6.59. The van der Waals surface area contributed by atoms with Crippen molar-refractivity contribution in [2.24, 2.45) is 0 Å². The fraction of sp³-hybridized carbons (Fsp3) is 0.176. The Hall–Kier alpha value is -2.07. The summed E-state index contributed by atoms with van der Waals surface area (Å²) in [4.78, 5) is 0.272. The number of nitrogens with one attached hydrogen (secondary N) is 1. The van der Waals surface area contributed by atoms with E-state index in [9.17, 15) is 8.42 Å². The lowest BCUT2D eigenvalue weighted by atomic mass is 10.1. The van der Waals surface area contributed by atoms with Gasteiger partial charge in [0.05, 0.1) is 10.6 Å². The summed E-state index contributed by atoms with van der Waals surface area (Å²) in [6.07, 6.45) is 4.65. The molecule has 2 rings (SSSR count). The predicted octanol–water partition coefficient (Wildman–Crippen LogP) is 3.91. The molecule has 0 aliphatic carbocycles. The van der Waals surface area contributed by atoms with Crippen molar-refractivity contribution >= 4 is 15.7 Å². The molecule has 0 radical (unpaired) electrons. The summed E-state index contributed by atoms with van der Waals surface area (Å²) in [6, 6.07) is 14.3. The van der Waals surface area contributed by atoms with Gasteiger partial charge in [0.15, 0.2) is 0 Å². The van der Waals surface area contributed by atoms with E-state index in [1.165, 1.54) is 0 Å². The van der Waals surface area contributed by atoms with Crippen molar-refractivity contribution in [3.8, 4) is 0 Å². The first-order chi connectivity index (χ1) is 10.0. The van der Waals surface area contributed by atoms with E-state index >= 15 is 0 Å². The van der Waals surface area contributed by atoms with Gasteiger partial charge in [-0.3, -0.25) is 4.72 Å². The maximum Gasteiger partial charge on any atom is 0.261 e. The summed E-state index contributed by atoms with van der Waals surface area (Å²) >= 11 is 0. The third-order valence-electron chi connectivity index (χ3n) is 3.17. The van der Waals surface area contributed by atoms with Crippen LogP contribution in [0.1, 0.15) is 18.1 Å². The van der Waals surface area contributed by atoms with Crippen LogP contribution in [-0.4, -0.2) is 8.42 Å². The minimum absolute atomic E-state index is 0.272. The van der Waals surface area contributed by atoms with Crippen LogP contribution in [0.5, 0.6) is 0 Å². The first-order valence-corrected chi connectivity index (χ1v) is 8.30. The maximum atomic E-state index is 12.4. The van der Waals surface area contributed by atoms with Gasteiger partial charge in [-0.2, -0.15) is 0 Å². The number of aryl methyl sites for hydroxylation is 1. The molecule has 0 amide bonds. The minimum Gasteiger partial charge on any atom is -0.279 e. The molecule has 0 atom stereocenters. The van der Waals surface area contributed by atoms with Crippen molar-refractivity contribution in [2.75, 3.05) is 4.72 Å². The zero-order valence-electron chi connectivity index (χ0n) is 12.2. The van der Waals surface area contributed by atoms with Gasteiger partial charge in [0.1, 0.15) is 0 Å². The molecule has 21 heavy (non-hydrogen) atoms. The summed E-state index contributed by atoms with van der Waals surface area (Å²) in [7, 11) is -3.55. The molecule has 0 aliphatic heterocycles.